The van der Waals surface area contributed by atoms with Crippen molar-refractivity contribution in [1.82, 2.24) is 10.3 Å². The van der Waals surface area contributed by atoms with Crippen LogP contribution in [0.15, 0.2) is 18.5 Å². The second-order valence-electron chi connectivity index (χ2n) is 5.48. The summed E-state index contributed by atoms with van der Waals surface area (Å²) in [7, 11) is 1.87. The number of pyridine rings is 1. The Kier molecular flexibility index (Phi) is 5.92. The monoisotopic (exact) mass is 280 g/mol. The number of rotatable bonds is 6. The van der Waals surface area contributed by atoms with E-state index in [4.69, 9.17) is 4.74 Å². The third-order valence-corrected chi connectivity index (χ3v) is 4.25. The minimum absolute atomic E-state index is 0.0298. The van der Waals surface area contributed by atoms with Crippen LogP contribution in [0.3, 0.4) is 0 Å². The van der Waals surface area contributed by atoms with E-state index in [-0.39, 0.29) is 18.0 Å². The van der Waals surface area contributed by atoms with E-state index in [1.807, 2.05) is 14.0 Å². The lowest BCUT2D eigenvalue weighted by molar-refractivity contribution is -0.0175. The Bertz CT molecular complexity index is 407. The van der Waals surface area contributed by atoms with E-state index < -0.39 is 0 Å². The molecule has 0 amide bonds. The van der Waals surface area contributed by atoms with E-state index in [2.05, 4.69) is 10.3 Å². The zero-order valence-electron chi connectivity index (χ0n) is 12.4. The number of nitrogens with one attached hydrogen (secondary N) is 1. The summed E-state index contributed by atoms with van der Waals surface area (Å²) in [5.41, 5.74) is 0.659. The fraction of sp³-hybridized carbons (Fsp3) is 0.688. The lowest BCUT2D eigenvalue weighted by Gasteiger charge is -2.35. The van der Waals surface area contributed by atoms with Gasteiger partial charge in [-0.25, -0.2) is 4.39 Å². The Morgan fingerprint density at radius 2 is 2.15 bits per heavy atom. The Balaban J connectivity index is 2.22. The fourth-order valence-electron chi connectivity index (χ4n) is 3.29. The van der Waals surface area contributed by atoms with Crippen LogP contribution in [0.25, 0.3) is 0 Å². The third kappa shape index (κ3) is 3.55. The molecule has 4 heteroatoms. The molecule has 20 heavy (non-hydrogen) atoms. The number of nitrogens with zero attached hydrogens (tertiary/aromatic N) is 1. The molecule has 0 saturated heterocycles. The maximum Gasteiger partial charge on any atom is 0.146 e. The topological polar surface area (TPSA) is 34.1 Å². The van der Waals surface area contributed by atoms with Crippen molar-refractivity contribution in [3.8, 4) is 0 Å². The van der Waals surface area contributed by atoms with Crippen LogP contribution in [-0.4, -0.2) is 24.7 Å². The molecule has 0 aromatic carbocycles. The second-order valence-corrected chi connectivity index (χ2v) is 5.48. The van der Waals surface area contributed by atoms with Gasteiger partial charge in [0, 0.05) is 18.4 Å². The first-order valence-electron chi connectivity index (χ1n) is 7.66. The van der Waals surface area contributed by atoms with Gasteiger partial charge in [-0.05, 0) is 38.8 Å². The van der Waals surface area contributed by atoms with E-state index in [0.29, 0.717) is 18.1 Å². The van der Waals surface area contributed by atoms with E-state index in [1.54, 1.807) is 12.3 Å². The zero-order chi connectivity index (χ0) is 14.4. The Morgan fingerprint density at radius 1 is 1.40 bits per heavy atom. The zero-order valence-corrected chi connectivity index (χ0v) is 12.4. The molecule has 2 atom stereocenters. The third-order valence-electron chi connectivity index (χ3n) is 4.25. The molecule has 2 rings (SSSR count). The van der Waals surface area contributed by atoms with Crippen molar-refractivity contribution in [1.29, 1.82) is 0 Å². The second kappa shape index (κ2) is 7.70. The van der Waals surface area contributed by atoms with Gasteiger partial charge in [-0.3, -0.25) is 4.98 Å². The van der Waals surface area contributed by atoms with Gasteiger partial charge in [0.1, 0.15) is 5.82 Å². The number of hydrogen-bond donors (Lipinski definition) is 1. The fourth-order valence-corrected chi connectivity index (χ4v) is 3.29. The van der Waals surface area contributed by atoms with Crippen LogP contribution < -0.4 is 5.32 Å². The van der Waals surface area contributed by atoms with Gasteiger partial charge in [-0.15, -0.1) is 0 Å². The van der Waals surface area contributed by atoms with Crippen LogP contribution in [0.1, 0.15) is 50.6 Å². The number of ether oxygens (including phenoxy) is 1. The summed E-state index contributed by atoms with van der Waals surface area (Å²) in [4.78, 5) is 3.84. The van der Waals surface area contributed by atoms with E-state index in [9.17, 15) is 4.39 Å². The van der Waals surface area contributed by atoms with Crippen molar-refractivity contribution >= 4 is 0 Å². The van der Waals surface area contributed by atoms with Gasteiger partial charge in [-0.1, -0.05) is 19.3 Å². The maximum atomic E-state index is 14.0. The first kappa shape index (κ1) is 15.4. The number of aromatic nitrogens is 1. The van der Waals surface area contributed by atoms with Crippen LogP contribution in [-0.2, 0) is 4.74 Å². The smallest absolute Gasteiger partial charge is 0.146 e. The van der Waals surface area contributed by atoms with Crippen molar-refractivity contribution in [2.45, 2.75) is 51.2 Å². The van der Waals surface area contributed by atoms with Crippen molar-refractivity contribution in [2.24, 2.45) is 5.92 Å². The van der Waals surface area contributed by atoms with E-state index in [1.165, 1.54) is 38.3 Å². The summed E-state index contributed by atoms with van der Waals surface area (Å²) in [5, 5.41) is 3.25. The molecule has 0 bridgehead atoms. The molecule has 1 aliphatic rings. The van der Waals surface area contributed by atoms with Crippen LogP contribution in [0.2, 0.25) is 0 Å². The molecule has 1 heterocycles. The molecule has 0 aliphatic heterocycles. The molecule has 112 valence electrons. The molecule has 1 aliphatic carbocycles. The van der Waals surface area contributed by atoms with Crippen LogP contribution in [0.5, 0.6) is 0 Å². The minimum atomic E-state index is -0.257. The highest BCUT2D eigenvalue weighted by Crippen LogP contribution is 2.34. The highest BCUT2D eigenvalue weighted by molar-refractivity contribution is 5.19. The first-order valence-corrected chi connectivity index (χ1v) is 7.66. The van der Waals surface area contributed by atoms with Gasteiger partial charge in [0.2, 0.25) is 0 Å². The Morgan fingerprint density at radius 3 is 2.75 bits per heavy atom. The predicted octanol–water partition coefficient (Wildman–Crippen LogP) is 3.47. The molecule has 0 spiro atoms. The quantitative estimate of drug-likeness (QED) is 0.866. The number of hydrogen-bond acceptors (Lipinski definition) is 3. The summed E-state index contributed by atoms with van der Waals surface area (Å²) < 4.78 is 20.0. The molecule has 3 nitrogen and oxygen atoms in total. The summed E-state index contributed by atoms with van der Waals surface area (Å²) in [6.07, 6.45) is 9.12. The lowest BCUT2D eigenvalue weighted by Crippen LogP contribution is -2.39. The highest BCUT2D eigenvalue weighted by atomic mass is 19.1. The summed E-state index contributed by atoms with van der Waals surface area (Å²) >= 11 is 0. The van der Waals surface area contributed by atoms with Gasteiger partial charge >= 0.3 is 0 Å². The average Bonchev–Trinajstić information content (AvgIpc) is 2.50. The molecule has 1 aromatic heterocycles. The largest absolute Gasteiger partial charge is 0.376 e. The van der Waals surface area contributed by atoms with Crippen molar-refractivity contribution in [2.75, 3.05) is 13.7 Å². The SMILES string of the molecule is CCOC(C1CCCCC1)C(NC)c1ccncc1F. The number of likely N-dealkylation sites (N-methyl/N-ethyl adjacent to an activating group) is 1. The predicted molar refractivity (Wildman–Crippen MR) is 78.0 cm³/mol. The van der Waals surface area contributed by atoms with Gasteiger partial charge in [0.05, 0.1) is 18.3 Å². The maximum absolute atomic E-state index is 14.0. The van der Waals surface area contributed by atoms with Crippen LogP contribution in [0, 0.1) is 11.7 Å². The standard InChI is InChI=1S/C16H25FN2O/c1-3-20-16(12-7-5-4-6-8-12)15(18-2)13-9-10-19-11-14(13)17/h9-12,15-16,18H,3-8H2,1-2H3. The van der Waals surface area contributed by atoms with Crippen LogP contribution in [0.4, 0.5) is 4.39 Å². The van der Waals surface area contributed by atoms with Gasteiger partial charge in [0.15, 0.2) is 0 Å². The molecule has 2 unspecified atom stereocenters. The molecule has 0 radical (unpaired) electrons. The average molecular weight is 280 g/mol. The molecular formula is C16H25FN2O. The minimum Gasteiger partial charge on any atom is -0.376 e. The first-order chi connectivity index (χ1) is 9.77. The Labute approximate surface area is 120 Å². The molecule has 1 fully saturated rings. The van der Waals surface area contributed by atoms with Gasteiger partial charge in [0.25, 0.3) is 0 Å². The van der Waals surface area contributed by atoms with Crippen LogP contribution >= 0.6 is 0 Å². The van der Waals surface area contributed by atoms with Gasteiger partial charge < -0.3 is 10.1 Å². The summed E-state index contributed by atoms with van der Waals surface area (Å²) in [6.45, 7) is 2.66. The highest BCUT2D eigenvalue weighted by Gasteiger charge is 2.32. The molecule has 1 saturated carbocycles. The molecule has 1 N–H and O–H groups in total. The van der Waals surface area contributed by atoms with E-state index >= 15 is 0 Å². The van der Waals surface area contributed by atoms with E-state index in [0.717, 1.165) is 0 Å². The van der Waals surface area contributed by atoms with Crippen molar-refractivity contribution < 1.29 is 9.13 Å². The van der Waals surface area contributed by atoms with Crippen molar-refractivity contribution in [3.63, 3.8) is 0 Å². The molecule has 1 aromatic rings. The molecular weight excluding hydrogens is 255 g/mol. The normalized spacial score (nSPS) is 19.8. The van der Waals surface area contributed by atoms with Crippen molar-refractivity contribution in [3.05, 3.63) is 29.8 Å². The summed E-state index contributed by atoms with van der Waals surface area (Å²) in [6, 6.07) is 1.65. The number of halogens is 1. The summed E-state index contributed by atoms with van der Waals surface area (Å²) in [5.74, 6) is 0.251. The van der Waals surface area contributed by atoms with Gasteiger partial charge in [-0.2, -0.15) is 0 Å². The lowest BCUT2D eigenvalue weighted by atomic mass is 9.81. The Hall–Kier alpha value is -1.00.